The summed E-state index contributed by atoms with van der Waals surface area (Å²) in [4.78, 5) is 12.4. The van der Waals surface area contributed by atoms with Gasteiger partial charge in [0.25, 0.3) is 5.91 Å². The Labute approximate surface area is 150 Å². The lowest BCUT2D eigenvalue weighted by Gasteiger charge is -2.26. The minimum Gasteiger partial charge on any atom is -0.454 e. The fraction of sp³-hybridized carbons (Fsp3) is 0.235. The van der Waals surface area contributed by atoms with E-state index >= 15 is 0 Å². The van der Waals surface area contributed by atoms with Crippen LogP contribution in [-0.2, 0) is 14.8 Å². The van der Waals surface area contributed by atoms with Crippen LogP contribution in [0.2, 0.25) is 0 Å². The molecule has 0 saturated carbocycles. The summed E-state index contributed by atoms with van der Waals surface area (Å²) in [6, 6.07) is 9.10. The van der Waals surface area contributed by atoms with Crippen molar-refractivity contribution < 1.29 is 22.7 Å². The molecule has 3 N–H and O–H groups in total. The number of nitrogens with one attached hydrogen (secondary N) is 1. The molecular formula is C17H17N3O5S. The minimum atomic E-state index is -3.67. The molecule has 1 amide bonds. The van der Waals surface area contributed by atoms with Gasteiger partial charge in [-0.1, -0.05) is 0 Å². The lowest BCUT2D eigenvalue weighted by molar-refractivity contribution is 0.0730. The number of ether oxygens (including phenoxy) is 2. The van der Waals surface area contributed by atoms with E-state index in [2.05, 4.69) is 5.32 Å². The van der Waals surface area contributed by atoms with Gasteiger partial charge in [-0.15, -0.1) is 0 Å². The van der Waals surface area contributed by atoms with Crippen LogP contribution in [0.4, 0.5) is 11.4 Å². The molecule has 136 valence electrons. The molecule has 8 nitrogen and oxygen atoms in total. The van der Waals surface area contributed by atoms with Crippen LogP contribution in [-0.4, -0.2) is 44.9 Å². The first-order valence-corrected chi connectivity index (χ1v) is 9.50. The SMILES string of the molecule is Nc1ccc2c(c1)Oc1cc(S(=O)(=O)N3CCOCC3)ccc1NC2=O. The van der Waals surface area contributed by atoms with Crippen molar-refractivity contribution in [3.8, 4) is 11.5 Å². The molecule has 0 bridgehead atoms. The van der Waals surface area contributed by atoms with Crippen molar-refractivity contribution in [3.63, 3.8) is 0 Å². The number of nitrogen functional groups attached to an aromatic ring is 1. The van der Waals surface area contributed by atoms with Crippen molar-refractivity contribution in [1.29, 1.82) is 0 Å². The maximum Gasteiger partial charge on any atom is 0.259 e. The Morgan fingerprint density at radius 3 is 2.58 bits per heavy atom. The van der Waals surface area contributed by atoms with E-state index in [1.54, 1.807) is 12.1 Å². The van der Waals surface area contributed by atoms with Gasteiger partial charge in [0.1, 0.15) is 5.75 Å². The van der Waals surface area contributed by atoms with E-state index in [1.165, 1.54) is 28.6 Å². The molecule has 4 rings (SSSR count). The molecule has 2 aromatic carbocycles. The zero-order chi connectivity index (χ0) is 18.3. The highest BCUT2D eigenvalue weighted by atomic mass is 32.2. The Balaban J connectivity index is 1.75. The van der Waals surface area contributed by atoms with Crippen molar-refractivity contribution in [2.24, 2.45) is 0 Å². The zero-order valence-electron chi connectivity index (χ0n) is 13.8. The lowest BCUT2D eigenvalue weighted by Crippen LogP contribution is -2.40. The van der Waals surface area contributed by atoms with Gasteiger partial charge >= 0.3 is 0 Å². The third-order valence-electron chi connectivity index (χ3n) is 4.28. The molecule has 0 aliphatic carbocycles. The molecule has 1 fully saturated rings. The Morgan fingerprint density at radius 1 is 1.04 bits per heavy atom. The molecule has 2 aliphatic rings. The Morgan fingerprint density at radius 2 is 1.81 bits per heavy atom. The normalized spacial score (nSPS) is 17.5. The number of sulfonamides is 1. The Bertz CT molecular complexity index is 984. The first-order chi connectivity index (χ1) is 12.4. The third-order valence-corrected chi connectivity index (χ3v) is 6.17. The van der Waals surface area contributed by atoms with Crippen LogP contribution >= 0.6 is 0 Å². The second-order valence-corrected chi connectivity index (χ2v) is 7.92. The molecule has 0 spiro atoms. The van der Waals surface area contributed by atoms with Crippen LogP contribution in [0.1, 0.15) is 10.4 Å². The van der Waals surface area contributed by atoms with E-state index in [9.17, 15) is 13.2 Å². The van der Waals surface area contributed by atoms with Crippen LogP contribution < -0.4 is 15.8 Å². The summed E-state index contributed by atoms with van der Waals surface area (Å²) in [7, 11) is -3.67. The van der Waals surface area contributed by atoms with E-state index in [4.69, 9.17) is 15.2 Å². The van der Waals surface area contributed by atoms with Crippen LogP contribution in [0.3, 0.4) is 0 Å². The number of carbonyl (C=O) groups is 1. The zero-order valence-corrected chi connectivity index (χ0v) is 14.6. The number of fused-ring (bicyclic) bond motifs is 2. The van der Waals surface area contributed by atoms with Crippen molar-refractivity contribution in [1.82, 2.24) is 4.31 Å². The van der Waals surface area contributed by atoms with Crippen LogP contribution in [0, 0.1) is 0 Å². The summed E-state index contributed by atoms with van der Waals surface area (Å²) >= 11 is 0. The smallest absolute Gasteiger partial charge is 0.259 e. The summed E-state index contributed by atoms with van der Waals surface area (Å²) < 4.78 is 38.1. The van der Waals surface area contributed by atoms with Gasteiger partial charge in [0, 0.05) is 30.9 Å². The maximum atomic E-state index is 12.8. The van der Waals surface area contributed by atoms with E-state index in [0.717, 1.165) is 0 Å². The first kappa shape index (κ1) is 16.8. The van der Waals surface area contributed by atoms with Gasteiger partial charge in [-0.2, -0.15) is 4.31 Å². The van der Waals surface area contributed by atoms with Crippen molar-refractivity contribution in [2.45, 2.75) is 4.90 Å². The second-order valence-electron chi connectivity index (χ2n) is 5.99. The molecule has 26 heavy (non-hydrogen) atoms. The van der Waals surface area contributed by atoms with E-state index in [0.29, 0.717) is 43.2 Å². The predicted octanol–water partition coefficient (Wildman–Crippen LogP) is 1.65. The van der Waals surface area contributed by atoms with E-state index in [-0.39, 0.29) is 22.3 Å². The molecule has 1 saturated heterocycles. The average molecular weight is 375 g/mol. The van der Waals surface area contributed by atoms with Gasteiger partial charge in [0.2, 0.25) is 10.0 Å². The van der Waals surface area contributed by atoms with Gasteiger partial charge < -0.3 is 20.5 Å². The molecule has 0 radical (unpaired) electrons. The number of nitrogens with zero attached hydrogens (tertiary/aromatic N) is 1. The summed E-state index contributed by atoms with van der Waals surface area (Å²) in [6.07, 6.45) is 0. The maximum absolute atomic E-state index is 12.8. The number of rotatable bonds is 2. The van der Waals surface area contributed by atoms with Gasteiger partial charge in [-0.25, -0.2) is 8.42 Å². The monoisotopic (exact) mass is 375 g/mol. The van der Waals surface area contributed by atoms with E-state index < -0.39 is 10.0 Å². The molecular weight excluding hydrogens is 358 g/mol. The van der Waals surface area contributed by atoms with Crippen LogP contribution in [0.5, 0.6) is 11.5 Å². The van der Waals surface area contributed by atoms with E-state index in [1.807, 2.05) is 0 Å². The Kier molecular flexibility index (Phi) is 4.06. The van der Waals surface area contributed by atoms with Gasteiger partial charge in [0.15, 0.2) is 5.75 Å². The lowest BCUT2D eigenvalue weighted by atomic mass is 10.1. The number of carbonyl (C=O) groups excluding carboxylic acids is 1. The van der Waals surface area contributed by atoms with Crippen LogP contribution in [0.25, 0.3) is 0 Å². The number of amides is 1. The van der Waals surface area contributed by atoms with Gasteiger partial charge in [-0.3, -0.25) is 4.79 Å². The molecule has 9 heteroatoms. The largest absolute Gasteiger partial charge is 0.454 e. The number of nitrogens with two attached hydrogens (primary N) is 1. The quantitative estimate of drug-likeness (QED) is 0.772. The van der Waals surface area contributed by atoms with Crippen molar-refractivity contribution in [3.05, 3.63) is 42.0 Å². The molecule has 2 aromatic rings. The standard InChI is InChI=1S/C17H17N3O5S/c18-11-1-3-13-15(9-11)25-16-10-12(2-4-14(16)19-17(13)21)26(22,23)20-5-7-24-8-6-20/h1-4,9-10H,5-8,18H2,(H,19,21). The van der Waals surface area contributed by atoms with Crippen molar-refractivity contribution >= 4 is 27.3 Å². The fourth-order valence-corrected chi connectivity index (χ4v) is 4.33. The topological polar surface area (TPSA) is 111 Å². The first-order valence-electron chi connectivity index (χ1n) is 8.06. The summed E-state index contributed by atoms with van der Waals surface area (Å²) in [6.45, 7) is 1.33. The number of hydrogen-bond acceptors (Lipinski definition) is 6. The highest BCUT2D eigenvalue weighted by molar-refractivity contribution is 7.89. The fourth-order valence-electron chi connectivity index (χ4n) is 2.91. The average Bonchev–Trinajstić information content (AvgIpc) is 2.77. The highest BCUT2D eigenvalue weighted by Crippen LogP contribution is 2.38. The molecule has 2 heterocycles. The number of anilines is 2. The summed E-state index contributed by atoms with van der Waals surface area (Å²) in [5.74, 6) is 0.182. The number of morpholine rings is 1. The Hall–Kier alpha value is -2.62. The highest BCUT2D eigenvalue weighted by Gasteiger charge is 2.28. The molecule has 0 unspecified atom stereocenters. The number of benzene rings is 2. The molecule has 0 aromatic heterocycles. The molecule has 0 atom stereocenters. The molecule has 2 aliphatic heterocycles. The van der Waals surface area contributed by atoms with Crippen molar-refractivity contribution in [2.75, 3.05) is 37.4 Å². The minimum absolute atomic E-state index is 0.0970. The van der Waals surface area contributed by atoms with Crippen LogP contribution in [0.15, 0.2) is 41.3 Å². The summed E-state index contributed by atoms with van der Waals surface area (Å²) in [5.41, 5.74) is 6.93. The third kappa shape index (κ3) is 2.90. The second kappa shape index (κ2) is 6.27. The predicted molar refractivity (Wildman–Crippen MR) is 94.9 cm³/mol. The summed E-state index contributed by atoms with van der Waals surface area (Å²) in [5, 5.41) is 2.72. The van der Waals surface area contributed by atoms with Gasteiger partial charge in [-0.05, 0) is 24.3 Å². The van der Waals surface area contributed by atoms with Gasteiger partial charge in [0.05, 0.1) is 29.4 Å². The number of hydrogen-bond donors (Lipinski definition) is 2.